The molecule has 6 nitrogen and oxygen atoms in total. The second-order valence-corrected chi connectivity index (χ2v) is 6.07. The summed E-state index contributed by atoms with van der Waals surface area (Å²) >= 11 is 0. The molecule has 0 atom stereocenters. The van der Waals surface area contributed by atoms with Crippen LogP contribution in [0.1, 0.15) is 25.8 Å². The summed E-state index contributed by atoms with van der Waals surface area (Å²) in [5.41, 5.74) is 2.35. The van der Waals surface area contributed by atoms with Gasteiger partial charge in [-0.25, -0.2) is 4.68 Å². The first-order chi connectivity index (χ1) is 12.2. The highest BCUT2D eigenvalue weighted by Crippen LogP contribution is 2.08. The highest BCUT2D eigenvalue weighted by atomic mass is 16.5. The van der Waals surface area contributed by atoms with E-state index in [-0.39, 0.29) is 6.10 Å². The molecule has 0 spiro atoms. The molecule has 0 aliphatic heterocycles. The molecule has 1 aromatic carbocycles. The summed E-state index contributed by atoms with van der Waals surface area (Å²) in [6.07, 6.45) is 5.92. The van der Waals surface area contributed by atoms with Crippen LogP contribution in [0, 0.1) is 0 Å². The number of aromatic nitrogens is 2. The number of guanidine groups is 1. The largest absolute Gasteiger partial charge is 0.379 e. The van der Waals surface area contributed by atoms with Gasteiger partial charge in [-0.1, -0.05) is 12.1 Å². The fraction of sp³-hybridized carbons (Fsp3) is 0.474. The van der Waals surface area contributed by atoms with Crippen molar-refractivity contribution in [2.75, 3.05) is 26.7 Å². The number of ether oxygens (including phenoxy) is 1. The van der Waals surface area contributed by atoms with Crippen molar-refractivity contribution in [3.05, 3.63) is 48.3 Å². The molecule has 0 aliphatic rings. The summed E-state index contributed by atoms with van der Waals surface area (Å²) in [4.78, 5) is 4.24. The van der Waals surface area contributed by atoms with Crippen LogP contribution in [-0.2, 0) is 11.2 Å². The predicted molar refractivity (Wildman–Crippen MR) is 102 cm³/mol. The van der Waals surface area contributed by atoms with Crippen LogP contribution in [0.25, 0.3) is 5.69 Å². The van der Waals surface area contributed by atoms with Gasteiger partial charge in [0.15, 0.2) is 5.96 Å². The lowest BCUT2D eigenvalue weighted by molar-refractivity contribution is 0.0776. The minimum Gasteiger partial charge on any atom is -0.379 e. The Balaban J connectivity index is 1.66. The maximum absolute atomic E-state index is 5.53. The van der Waals surface area contributed by atoms with E-state index in [4.69, 9.17) is 4.74 Å². The smallest absolute Gasteiger partial charge is 0.190 e. The van der Waals surface area contributed by atoms with Gasteiger partial charge in [-0.2, -0.15) is 5.10 Å². The Labute approximate surface area is 150 Å². The third kappa shape index (κ3) is 6.97. The molecule has 0 saturated heterocycles. The van der Waals surface area contributed by atoms with Crippen LogP contribution in [0.15, 0.2) is 47.7 Å². The van der Waals surface area contributed by atoms with Crippen LogP contribution in [0.2, 0.25) is 0 Å². The van der Waals surface area contributed by atoms with Gasteiger partial charge in [-0.15, -0.1) is 0 Å². The molecule has 2 N–H and O–H groups in total. The molecular formula is C19H29N5O. The second kappa shape index (κ2) is 10.5. The zero-order valence-electron chi connectivity index (χ0n) is 15.4. The van der Waals surface area contributed by atoms with Gasteiger partial charge in [0.1, 0.15) is 0 Å². The number of hydrogen-bond acceptors (Lipinski definition) is 3. The maximum Gasteiger partial charge on any atom is 0.190 e. The van der Waals surface area contributed by atoms with Crippen LogP contribution in [0.3, 0.4) is 0 Å². The molecule has 0 bridgehead atoms. The van der Waals surface area contributed by atoms with Crippen molar-refractivity contribution in [2.24, 2.45) is 4.99 Å². The molecule has 25 heavy (non-hydrogen) atoms. The number of rotatable bonds is 9. The Morgan fingerprint density at radius 2 is 1.96 bits per heavy atom. The minimum absolute atomic E-state index is 0.289. The highest BCUT2D eigenvalue weighted by Gasteiger charge is 2.00. The lowest BCUT2D eigenvalue weighted by Crippen LogP contribution is -2.39. The van der Waals surface area contributed by atoms with Crippen molar-refractivity contribution in [2.45, 2.75) is 32.8 Å². The molecule has 1 aromatic heterocycles. The maximum atomic E-state index is 5.53. The molecule has 0 fully saturated rings. The molecule has 1 heterocycles. The first kappa shape index (κ1) is 19.0. The van der Waals surface area contributed by atoms with E-state index in [2.05, 4.69) is 58.8 Å². The molecule has 0 radical (unpaired) electrons. The molecule has 0 aliphatic carbocycles. The Hall–Kier alpha value is -2.34. The monoisotopic (exact) mass is 343 g/mol. The molecule has 0 saturated carbocycles. The number of hydrogen-bond donors (Lipinski definition) is 2. The molecule has 0 amide bonds. The van der Waals surface area contributed by atoms with E-state index in [0.717, 1.165) is 44.2 Å². The molecule has 0 unspecified atom stereocenters. The van der Waals surface area contributed by atoms with Crippen molar-refractivity contribution < 1.29 is 4.74 Å². The van der Waals surface area contributed by atoms with E-state index < -0.39 is 0 Å². The van der Waals surface area contributed by atoms with Crippen molar-refractivity contribution in [3.8, 4) is 5.69 Å². The third-order valence-electron chi connectivity index (χ3n) is 3.70. The fourth-order valence-corrected chi connectivity index (χ4v) is 2.38. The van der Waals surface area contributed by atoms with E-state index in [1.165, 1.54) is 5.56 Å². The first-order valence-electron chi connectivity index (χ1n) is 8.84. The van der Waals surface area contributed by atoms with Crippen molar-refractivity contribution >= 4 is 5.96 Å². The Morgan fingerprint density at radius 1 is 1.20 bits per heavy atom. The van der Waals surface area contributed by atoms with Crippen LogP contribution >= 0.6 is 0 Å². The van der Waals surface area contributed by atoms with E-state index in [0.29, 0.717) is 0 Å². The Bertz CT molecular complexity index is 620. The normalized spacial score (nSPS) is 11.8. The van der Waals surface area contributed by atoms with Crippen LogP contribution in [0.5, 0.6) is 0 Å². The van der Waals surface area contributed by atoms with E-state index in [1.54, 1.807) is 13.2 Å². The van der Waals surface area contributed by atoms with Gasteiger partial charge >= 0.3 is 0 Å². The zero-order chi connectivity index (χ0) is 17.9. The lowest BCUT2D eigenvalue weighted by Gasteiger charge is -2.13. The summed E-state index contributed by atoms with van der Waals surface area (Å²) in [5.74, 6) is 0.831. The summed E-state index contributed by atoms with van der Waals surface area (Å²) in [7, 11) is 1.79. The zero-order valence-corrected chi connectivity index (χ0v) is 15.4. The van der Waals surface area contributed by atoms with Gasteiger partial charge in [0, 0.05) is 39.1 Å². The molecular weight excluding hydrogens is 314 g/mol. The van der Waals surface area contributed by atoms with Gasteiger partial charge in [-0.3, -0.25) is 4.99 Å². The third-order valence-corrected chi connectivity index (χ3v) is 3.70. The Kier molecular flexibility index (Phi) is 7.98. The van der Waals surface area contributed by atoms with Crippen molar-refractivity contribution in [1.29, 1.82) is 0 Å². The topological polar surface area (TPSA) is 63.5 Å². The summed E-state index contributed by atoms with van der Waals surface area (Å²) < 4.78 is 7.38. The van der Waals surface area contributed by atoms with Crippen LogP contribution < -0.4 is 10.6 Å². The lowest BCUT2D eigenvalue weighted by atomic mass is 10.1. The van der Waals surface area contributed by atoms with Gasteiger partial charge in [0.25, 0.3) is 0 Å². The highest BCUT2D eigenvalue weighted by molar-refractivity contribution is 5.79. The van der Waals surface area contributed by atoms with Gasteiger partial charge < -0.3 is 15.4 Å². The quantitative estimate of drug-likeness (QED) is 0.417. The first-order valence-corrected chi connectivity index (χ1v) is 8.84. The van der Waals surface area contributed by atoms with Crippen molar-refractivity contribution in [3.63, 3.8) is 0 Å². The minimum atomic E-state index is 0.289. The second-order valence-electron chi connectivity index (χ2n) is 6.07. The van der Waals surface area contributed by atoms with E-state index in [9.17, 15) is 0 Å². The van der Waals surface area contributed by atoms with Gasteiger partial charge in [0.2, 0.25) is 0 Å². The fourth-order valence-electron chi connectivity index (χ4n) is 2.38. The molecule has 6 heteroatoms. The van der Waals surface area contributed by atoms with Crippen LogP contribution in [0.4, 0.5) is 0 Å². The average Bonchev–Trinajstić information content (AvgIpc) is 3.15. The van der Waals surface area contributed by atoms with Crippen molar-refractivity contribution in [1.82, 2.24) is 20.4 Å². The van der Waals surface area contributed by atoms with Crippen LogP contribution in [-0.4, -0.2) is 48.6 Å². The van der Waals surface area contributed by atoms with E-state index >= 15 is 0 Å². The average molecular weight is 343 g/mol. The summed E-state index contributed by atoms with van der Waals surface area (Å²) in [6.45, 7) is 6.56. The number of benzene rings is 1. The SMILES string of the molecule is CN=C(NCCCOC(C)C)NCCc1ccc(-n2cccn2)cc1. The Morgan fingerprint density at radius 3 is 2.60 bits per heavy atom. The number of nitrogens with one attached hydrogen (secondary N) is 2. The predicted octanol–water partition coefficient (Wildman–Crippen LogP) is 2.39. The number of aliphatic imine (C=N–C) groups is 1. The molecule has 136 valence electrons. The van der Waals surface area contributed by atoms with E-state index in [1.807, 2.05) is 16.9 Å². The van der Waals surface area contributed by atoms with Gasteiger partial charge in [0.05, 0.1) is 11.8 Å². The number of nitrogens with zero attached hydrogens (tertiary/aromatic N) is 3. The molecule has 2 aromatic rings. The summed E-state index contributed by atoms with van der Waals surface area (Å²) in [5, 5.41) is 10.9. The standard InChI is InChI=1S/C19H29N5O/c1-16(2)25-15-5-11-21-19(20-3)22-13-10-17-6-8-18(9-7-17)24-14-4-12-23-24/h4,6-9,12,14,16H,5,10-11,13,15H2,1-3H3,(H2,20,21,22). The molecule has 2 rings (SSSR count). The summed E-state index contributed by atoms with van der Waals surface area (Å²) in [6, 6.07) is 10.4. The van der Waals surface area contributed by atoms with Gasteiger partial charge in [-0.05, 0) is 50.5 Å².